The molecule has 1 atom stereocenters. The first kappa shape index (κ1) is 40.4. The molecule has 0 bridgehead atoms. The van der Waals surface area contributed by atoms with Crippen LogP contribution in [-0.2, 0) is 32.5 Å². The predicted molar refractivity (Wildman–Crippen MR) is 226 cm³/mol. The number of anilines is 6. The Labute approximate surface area is 345 Å². The molecule has 0 saturated carbocycles. The standard InChI is InChI=1S/C41H45ClF2N10O4S/c1-59(57,58)54-20-11-24-3-2-4-34(37(24)54)49-39-29-10-15-47-38(29)51-41(52-39)48-27-5-7-35(33(44)22-27)53-18-12-26(13-19-53)46-17-16-45-14-9-25-21-32(43)30(23-31(25)42)28-6-8-36(55)50-40(28)56/h2-5,7,10,15,21-23,26,28,45-46H,6,8-9,11-14,16-20H2,1H3,(H,50,55,56)(H3,47,48,49,51,52). The van der Waals surface area contributed by atoms with E-state index >= 15 is 4.39 Å². The van der Waals surface area contributed by atoms with Crippen LogP contribution in [0.5, 0.6) is 0 Å². The predicted octanol–water partition coefficient (Wildman–Crippen LogP) is 5.61. The number of imide groups is 1. The van der Waals surface area contributed by atoms with E-state index in [2.05, 4.69) is 36.6 Å². The van der Waals surface area contributed by atoms with Crippen LogP contribution in [0, 0.1) is 11.6 Å². The summed E-state index contributed by atoms with van der Waals surface area (Å²) in [5.74, 6) is -1.74. The first-order chi connectivity index (χ1) is 28.4. The van der Waals surface area contributed by atoms with E-state index < -0.39 is 27.7 Å². The van der Waals surface area contributed by atoms with Gasteiger partial charge < -0.3 is 31.2 Å². The Hall–Kier alpha value is -5.36. The molecule has 2 fully saturated rings. The first-order valence-corrected chi connectivity index (χ1v) is 21.9. The van der Waals surface area contributed by atoms with E-state index in [-0.39, 0.29) is 42.1 Å². The number of hydrogen-bond donors (Lipinski definition) is 6. The van der Waals surface area contributed by atoms with E-state index in [1.807, 2.05) is 29.2 Å². The summed E-state index contributed by atoms with van der Waals surface area (Å²) in [6.07, 6.45) is 6.19. The largest absolute Gasteiger partial charge is 0.369 e. The fourth-order valence-corrected chi connectivity index (χ4v) is 9.37. The molecule has 3 aromatic carbocycles. The van der Waals surface area contributed by atoms with Crippen LogP contribution < -0.4 is 35.8 Å². The Morgan fingerprint density at radius 1 is 0.915 bits per heavy atom. The highest BCUT2D eigenvalue weighted by Gasteiger charge is 2.31. The van der Waals surface area contributed by atoms with Crippen LogP contribution in [0.15, 0.2) is 60.8 Å². The Morgan fingerprint density at radius 2 is 1.75 bits per heavy atom. The van der Waals surface area contributed by atoms with Gasteiger partial charge in [0.05, 0.1) is 34.6 Å². The van der Waals surface area contributed by atoms with Gasteiger partial charge >= 0.3 is 0 Å². The lowest BCUT2D eigenvalue weighted by atomic mass is 9.89. The molecule has 0 aliphatic carbocycles. The van der Waals surface area contributed by atoms with E-state index in [1.165, 1.54) is 28.8 Å². The molecular weight excluding hydrogens is 802 g/mol. The highest BCUT2D eigenvalue weighted by atomic mass is 35.5. The summed E-state index contributed by atoms with van der Waals surface area (Å²) in [5, 5.41) is 16.8. The van der Waals surface area contributed by atoms with E-state index in [0.29, 0.717) is 95.8 Å². The molecule has 1 unspecified atom stereocenters. The molecule has 3 aliphatic heterocycles. The molecule has 0 spiro atoms. The van der Waals surface area contributed by atoms with Gasteiger partial charge in [-0.1, -0.05) is 23.7 Å². The molecule has 310 valence electrons. The molecular formula is C41H45ClF2N10O4S. The van der Waals surface area contributed by atoms with Crippen molar-refractivity contribution in [1.82, 2.24) is 30.9 Å². The van der Waals surface area contributed by atoms with Gasteiger partial charge in [0.15, 0.2) is 0 Å². The van der Waals surface area contributed by atoms with Gasteiger partial charge in [0, 0.05) is 67.7 Å². The summed E-state index contributed by atoms with van der Waals surface area (Å²) in [4.78, 5) is 38.1. The Balaban J connectivity index is 0.810. The molecule has 14 nitrogen and oxygen atoms in total. The molecule has 5 aromatic rings. The van der Waals surface area contributed by atoms with Gasteiger partial charge in [0.2, 0.25) is 27.8 Å². The summed E-state index contributed by atoms with van der Waals surface area (Å²) in [6.45, 7) is 3.77. The third-order valence-corrected chi connectivity index (χ3v) is 12.7. The van der Waals surface area contributed by atoms with Gasteiger partial charge in [-0.15, -0.1) is 0 Å². The fraction of sp³-hybridized carbons (Fsp3) is 0.366. The number of rotatable bonds is 14. The third kappa shape index (κ3) is 8.98. The highest BCUT2D eigenvalue weighted by molar-refractivity contribution is 7.92. The number of hydrogen-bond acceptors (Lipinski definition) is 11. The van der Waals surface area contributed by atoms with Crippen molar-refractivity contribution in [2.24, 2.45) is 0 Å². The lowest BCUT2D eigenvalue weighted by molar-refractivity contribution is -0.134. The van der Waals surface area contributed by atoms with Crippen LogP contribution in [0.4, 0.5) is 43.3 Å². The first-order valence-electron chi connectivity index (χ1n) is 19.7. The summed E-state index contributed by atoms with van der Waals surface area (Å²) < 4.78 is 57.1. The van der Waals surface area contributed by atoms with E-state index in [9.17, 15) is 22.4 Å². The molecule has 2 amide bonds. The SMILES string of the molecule is CS(=O)(=O)N1CCc2cccc(Nc3nc(Nc4ccc(N5CCC(NCCNCCc6cc(F)c(C7CCC(=O)NC7=O)cc6Cl)CC5)c(F)c4)nc4[nH]ccc34)c21. The minimum atomic E-state index is -3.48. The number of aromatic nitrogens is 3. The second kappa shape index (κ2) is 17.1. The Morgan fingerprint density at radius 3 is 2.53 bits per heavy atom. The van der Waals surface area contributed by atoms with Gasteiger partial charge in [-0.05, 0) is 92.2 Å². The van der Waals surface area contributed by atoms with Crippen molar-refractivity contribution in [2.75, 3.05) is 65.4 Å². The van der Waals surface area contributed by atoms with Gasteiger partial charge in [0.25, 0.3) is 0 Å². The lowest BCUT2D eigenvalue weighted by Gasteiger charge is -2.34. The zero-order valence-electron chi connectivity index (χ0n) is 32.4. The van der Waals surface area contributed by atoms with Crippen molar-refractivity contribution in [2.45, 2.75) is 50.5 Å². The van der Waals surface area contributed by atoms with Crippen LogP contribution in [0.1, 0.15) is 48.3 Å². The van der Waals surface area contributed by atoms with Crippen molar-refractivity contribution in [3.05, 3.63) is 94.1 Å². The number of aromatic amines is 1. The summed E-state index contributed by atoms with van der Waals surface area (Å²) in [5.41, 5.74) is 4.56. The topological polar surface area (TPSA) is 176 Å². The smallest absolute Gasteiger partial charge is 0.234 e. The average molecular weight is 847 g/mol. The molecule has 3 aliphatic rings. The molecule has 2 aromatic heterocycles. The normalized spacial score (nSPS) is 17.4. The number of fused-ring (bicyclic) bond motifs is 2. The van der Waals surface area contributed by atoms with Gasteiger partial charge in [0.1, 0.15) is 23.1 Å². The quantitative estimate of drug-likeness (QED) is 0.0606. The number of nitrogens with one attached hydrogen (secondary N) is 6. The van der Waals surface area contributed by atoms with E-state index in [0.717, 1.165) is 24.9 Å². The number of sulfonamides is 1. The monoisotopic (exact) mass is 846 g/mol. The number of piperidine rings is 2. The minimum Gasteiger partial charge on any atom is -0.369 e. The van der Waals surface area contributed by atoms with Crippen LogP contribution in [0.2, 0.25) is 5.02 Å². The Kier molecular flexibility index (Phi) is 11.7. The van der Waals surface area contributed by atoms with Crippen molar-refractivity contribution >= 4 is 79.0 Å². The number of para-hydroxylation sites is 1. The summed E-state index contributed by atoms with van der Waals surface area (Å²) >= 11 is 6.45. The van der Waals surface area contributed by atoms with Gasteiger partial charge in [-0.2, -0.15) is 9.97 Å². The zero-order valence-corrected chi connectivity index (χ0v) is 33.9. The van der Waals surface area contributed by atoms with Crippen LogP contribution >= 0.6 is 11.6 Å². The molecule has 8 rings (SSSR count). The Bertz CT molecular complexity index is 2510. The maximum atomic E-state index is 15.6. The van der Waals surface area contributed by atoms with E-state index in [1.54, 1.807) is 18.3 Å². The molecule has 59 heavy (non-hydrogen) atoms. The van der Waals surface area contributed by atoms with E-state index in [4.69, 9.17) is 16.6 Å². The average Bonchev–Trinajstić information content (AvgIpc) is 3.87. The van der Waals surface area contributed by atoms with Crippen LogP contribution in [0.25, 0.3) is 11.0 Å². The second-order valence-corrected chi connectivity index (χ2v) is 17.4. The summed E-state index contributed by atoms with van der Waals surface area (Å²) in [7, 11) is -3.48. The number of carbonyl (C=O) groups excluding carboxylic acids is 2. The van der Waals surface area contributed by atoms with Crippen LogP contribution in [-0.4, -0.2) is 86.8 Å². The fourth-order valence-electron chi connectivity index (χ4n) is 8.13. The molecule has 5 heterocycles. The van der Waals surface area contributed by atoms with Crippen molar-refractivity contribution in [3.8, 4) is 0 Å². The maximum absolute atomic E-state index is 15.6. The maximum Gasteiger partial charge on any atom is 0.234 e. The molecule has 18 heteroatoms. The van der Waals surface area contributed by atoms with Crippen LogP contribution in [0.3, 0.4) is 0 Å². The zero-order chi connectivity index (χ0) is 41.3. The van der Waals surface area contributed by atoms with Crippen molar-refractivity contribution in [3.63, 3.8) is 0 Å². The lowest BCUT2D eigenvalue weighted by Crippen LogP contribution is -2.44. The van der Waals surface area contributed by atoms with Crippen molar-refractivity contribution in [1.29, 1.82) is 0 Å². The number of amides is 2. The number of benzene rings is 3. The molecule has 2 saturated heterocycles. The highest BCUT2D eigenvalue weighted by Crippen LogP contribution is 2.39. The number of carbonyl (C=O) groups is 2. The van der Waals surface area contributed by atoms with Gasteiger partial charge in [-0.25, -0.2) is 17.2 Å². The minimum absolute atomic E-state index is 0.166. The number of H-pyrrole nitrogens is 1. The number of nitrogens with zero attached hydrogens (tertiary/aromatic N) is 4. The third-order valence-electron chi connectivity index (χ3n) is 11.1. The molecule has 6 N–H and O–H groups in total. The molecule has 0 radical (unpaired) electrons. The second-order valence-electron chi connectivity index (χ2n) is 15.1. The van der Waals surface area contributed by atoms with Gasteiger partial charge in [-0.3, -0.25) is 19.2 Å². The van der Waals surface area contributed by atoms with Crippen molar-refractivity contribution < 1.29 is 26.8 Å². The summed E-state index contributed by atoms with van der Waals surface area (Å²) in [6, 6.07) is 15.6. The number of halogens is 3.